The first-order valence-electron chi connectivity index (χ1n) is 8.62. The molecule has 14 heteroatoms. The van der Waals surface area contributed by atoms with Gasteiger partial charge >= 0.3 is 12.1 Å². The molecule has 3 rings (SSSR count). The molecule has 1 aromatic carbocycles. The summed E-state index contributed by atoms with van der Waals surface area (Å²) in [6, 6.07) is 2.02. The second-order valence-electron chi connectivity index (χ2n) is 6.40. The van der Waals surface area contributed by atoms with Gasteiger partial charge in [-0.3, -0.25) is 4.79 Å². The van der Waals surface area contributed by atoms with Crippen LogP contribution in [0.2, 0.25) is 5.02 Å². The summed E-state index contributed by atoms with van der Waals surface area (Å²) in [5.74, 6) is -8.08. The Morgan fingerprint density at radius 1 is 1.06 bits per heavy atom. The van der Waals surface area contributed by atoms with Gasteiger partial charge in [0.1, 0.15) is 22.9 Å². The number of alkyl halides is 3. The summed E-state index contributed by atoms with van der Waals surface area (Å²) in [6.45, 7) is -1.06. The molecule has 0 fully saturated rings. The lowest BCUT2D eigenvalue weighted by atomic mass is 10.1. The van der Waals surface area contributed by atoms with Gasteiger partial charge in [0.2, 0.25) is 5.78 Å². The number of carboxylic acid groups (broad SMARTS) is 1. The number of carboxylic acids is 1. The van der Waals surface area contributed by atoms with Crippen LogP contribution in [0.4, 0.5) is 26.3 Å². The van der Waals surface area contributed by atoms with Crippen molar-refractivity contribution in [1.82, 2.24) is 9.36 Å². The molecule has 0 aliphatic rings. The molecule has 0 saturated heterocycles. The molecule has 3 aromatic rings. The maximum absolute atomic E-state index is 14.3. The van der Waals surface area contributed by atoms with Gasteiger partial charge in [-0.1, -0.05) is 11.6 Å². The molecule has 33 heavy (non-hydrogen) atoms. The largest absolute Gasteiger partial charge is 0.483 e. The summed E-state index contributed by atoms with van der Waals surface area (Å²) < 4.78 is 91.6. The third-order valence-electron chi connectivity index (χ3n) is 4.10. The third kappa shape index (κ3) is 5.42. The summed E-state index contributed by atoms with van der Waals surface area (Å²) in [5.41, 5.74) is -2.17. The van der Waals surface area contributed by atoms with Crippen LogP contribution in [-0.2, 0) is 28.8 Å². The van der Waals surface area contributed by atoms with Crippen molar-refractivity contribution in [2.75, 3.05) is 0 Å². The number of ether oxygens (including phenoxy) is 1. The Morgan fingerprint density at radius 3 is 2.24 bits per heavy atom. The molecule has 0 amide bonds. The zero-order valence-electron chi connectivity index (χ0n) is 15.8. The Bertz CT molecular complexity index is 1220. The Kier molecular flexibility index (Phi) is 6.93. The number of hydrogen-bond acceptors (Lipinski definition) is 6. The number of aromatic nitrogens is 2. The fourth-order valence-electron chi connectivity index (χ4n) is 2.70. The number of Topliss-reactive ketones (excluding diaryl/α,β-unsaturated/α-hetero) is 1. The molecule has 0 spiro atoms. The fraction of sp³-hybridized carbons (Fsp3) is 0.158. The predicted octanol–water partition coefficient (Wildman–Crippen LogP) is 5.07. The molecule has 0 saturated carbocycles. The number of ketones is 1. The lowest BCUT2D eigenvalue weighted by Gasteiger charge is -2.13. The number of hydrogen-bond donors (Lipinski definition) is 1. The Balaban J connectivity index is 1.96. The van der Waals surface area contributed by atoms with Crippen molar-refractivity contribution in [1.29, 1.82) is 0 Å². The van der Waals surface area contributed by atoms with Gasteiger partial charge in [-0.05, 0) is 35.3 Å². The van der Waals surface area contributed by atoms with E-state index in [-0.39, 0.29) is 22.1 Å². The standard InChI is InChI=1S/C19H9ClF6N2O4S/c20-8-4-10(21)15(27-5-8)14-9(17(33-28-14)19(24,25)26)6-32-16-11(22)1-7(2-12(16)23)3-13(29)18(30)31/h1-2,4-5H,3,6H2,(H,30,31). The molecule has 0 aliphatic heterocycles. The van der Waals surface area contributed by atoms with E-state index in [0.29, 0.717) is 12.1 Å². The predicted molar refractivity (Wildman–Crippen MR) is 102 cm³/mol. The highest BCUT2D eigenvalue weighted by atomic mass is 35.5. The number of nitrogens with zero attached hydrogens (tertiary/aromatic N) is 2. The summed E-state index contributed by atoms with van der Waals surface area (Å²) in [5, 5.41) is 8.46. The van der Waals surface area contributed by atoms with Gasteiger partial charge in [0.15, 0.2) is 23.2 Å². The fourth-order valence-corrected chi connectivity index (χ4v) is 3.59. The van der Waals surface area contributed by atoms with Crippen LogP contribution in [0.1, 0.15) is 16.0 Å². The molecule has 2 aromatic heterocycles. The number of carbonyl (C=O) groups excluding carboxylic acids is 1. The maximum Gasteiger partial charge on any atom is 0.427 e. The van der Waals surface area contributed by atoms with Gasteiger partial charge in [-0.25, -0.2) is 22.9 Å². The Hall–Kier alpha value is -3.19. The first kappa shape index (κ1) is 24.5. The van der Waals surface area contributed by atoms with E-state index in [1.165, 1.54) is 0 Å². The number of rotatable bonds is 7. The molecule has 0 radical (unpaired) electrons. The van der Waals surface area contributed by atoms with E-state index in [4.69, 9.17) is 21.4 Å². The van der Waals surface area contributed by atoms with Gasteiger partial charge < -0.3 is 9.84 Å². The summed E-state index contributed by atoms with van der Waals surface area (Å²) in [6.07, 6.45) is -4.77. The summed E-state index contributed by atoms with van der Waals surface area (Å²) >= 11 is 5.57. The summed E-state index contributed by atoms with van der Waals surface area (Å²) in [7, 11) is 0. The third-order valence-corrected chi connectivity index (χ3v) is 5.24. The van der Waals surface area contributed by atoms with Crippen molar-refractivity contribution < 1.29 is 45.8 Å². The highest BCUT2D eigenvalue weighted by molar-refractivity contribution is 7.06. The average Bonchev–Trinajstić information content (AvgIpc) is 3.11. The minimum atomic E-state index is -4.93. The maximum atomic E-state index is 14.3. The molecular weight excluding hydrogens is 502 g/mol. The monoisotopic (exact) mass is 510 g/mol. The van der Waals surface area contributed by atoms with E-state index in [1.807, 2.05) is 0 Å². The highest BCUT2D eigenvalue weighted by Crippen LogP contribution is 2.40. The Morgan fingerprint density at radius 2 is 1.70 bits per heavy atom. The molecule has 6 nitrogen and oxygen atoms in total. The zero-order valence-corrected chi connectivity index (χ0v) is 17.4. The molecule has 0 bridgehead atoms. The minimum absolute atomic E-state index is 0.0289. The topological polar surface area (TPSA) is 89.4 Å². The first-order chi connectivity index (χ1) is 15.4. The molecular formula is C19H9ClF6N2O4S. The quantitative estimate of drug-likeness (QED) is 0.353. The van der Waals surface area contributed by atoms with Crippen LogP contribution in [0.15, 0.2) is 24.4 Å². The first-order valence-corrected chi connectivity index (χ1v) is 9.77. The SMILES string of the molecule is O=C(O)C(=O)Cc1cc(F)c(OCc2c(-c3ncc(Cl)cc3F)nsc2C(F)(F)F)c(F)c1. The van der Waals surface area contributed by atoms with Crippen LogP contribution in [0.25, 0.3) is 11.4 Å². The van der Waals surface area contributed by atoms with Crippen molar-refractivity contribution in [3.05, 3.63) is 62.9 Å². The van der Waals surface area contributed by atoms with E-state index in [9.17, 15) is 35.9 Å². The number of aliphatic carboxylic acids is 1. The smallest absolute Gasteiger partial charge is 0.427 e. The normalized spacial score (nSPS) is 11.5. The number of pyridine rings is 1. The molecule has 174 valence electrons. The van der Waals surface area contributed by atoms with Crippen molar-refractivity contribution in [3.8, 4) is 17.1 Å². The summed E-state index contributed by atoms with van der Waals surface area (Å²) in [4.78, 5) is 24.1. The van der Waals surface area contributed by atoms with Crippen LogP contribution >= 0.6 is 23.1 Å². The van der Waals surface area contributed by atoms with E-state index < -0.39 is 76.0 Å². The van der Waals surface area contributed by atoms with Gasteiger partial charge in [0.25, 0.3) is 0 Å². The van der Waals surface area contributed by atoms with Crippen molar-refractivity contribution in [2.24, 2.45) is 0 Å². The van der Waals surface area contributed by atoms with Gasteiger partial charge in [-0.2, -0.15) is 17.5 Å². The molecule has 0 atom stereocenters. The van der Waals surface area contributed by atoms with Crippen molar-refractivity contribution >= 4 is 34.9 Å². The minimum Gasteiger partial charge on any atom is -0.483 e. The van der Waals surface area contributed by atoms with Crippen molar-refractivity contribution in [3.63, 3.8) is 0 Å². The van der Waals surface area contributed by atoms with Crippen LogP contribution < -0.4 is 4.74 Å². The van der Waals surface area contributed by atoms with Gasteiger partial charge in [0.05, 0.1) is 5.02 Å². The van der Waals surface area contributed by atoms with Gasteiger partial charge in [0, 0.05) is 18.2 Å². The number of halogens is 7. The molecule has 0 unspecified atom stereocenters. The average molecular weight is 511 g/mol. The van der Waals surface area contributed by atoms with Crippen LogP contribution in [0, 0.1) is 17.5 Å². The molecule has 0 aliphatic carbocycles. The number of carbonyl (C=O) groups is 2. The lowest BCUT2D eigenvalue weighted by molar-refractivity contribution is -0.148. The lowest BCUT2D eigenvalue weighted by Crippen LogP contribution is -2.15. The van der Waals surface area contributed by atoms with Crippen molar-refractivity contribution in [2.45, 2.75) is 19.2 Å². The second kappa shape index (κ2) is 9.35. The van der Waals surface area contributed by atoms with E-state index in [0.717, 1.165) is 12.3 Å². The highest BCUT2D eigenvalue weighted by Gasteiger charge is 2.39. The van der Waals surface area contributed by atoms with Crippen LogP contribution in [0.5, 0.6) is 5.75 Å². The van der Waals surface area contributed by atoms with E-state index in [1.54, 1.807) is 0 Å². The van der Waals surface area contributed by atoms with E-state index in [2.05, 4.69) is 9.36 Å². The number of benzene rings is 1. The zero-order chi connectivity index (χ0) is 24.5. The van der Waals surface area contributed by atoms with E-state index >= 15 is 0 Å². The second-order valence-corrected chi connectivity index (χ2v) is 7.61. The molecule has 2 heterocycles. The molecule has 1 N–H and O–H groups in total. The van der Waals surface area contributed by atoms with Gasteiger partial charge in [-0.15, -0.1) is 0 Å². The van der Waals surface area contributed by atoms with Crippen LogP contribution in [-0.4, -0.2) is 26.2 Å². The van der Waals surface area contributed by atoms with Crippen LogP contribution in [0.3, 0.4) is 0 Å². The Labute approximate surface area is 189 Å².